The molecule has 1 amide bonds. The third-order valence-electron chi connectivity index (χ3n) is 3.38. The van der Waals surface area contributed by atoms with Crippen LogP contribution in [0.25, 0.3) is 0 Å². The number of rotatable bonds is 7. The molecular formula is C17H15N3O5S2. The van der Waals surface area contributed by atoms with Crippen molar-refractivity contribution in [2.75, 3.05) is 5.32 Å². The van der Waals surface area contributed by atoms with Gasteiger partial charge in [0.15, 0.2) is 6.10 Å². The van der Waals surface area contributed by atoms with Crippen molar-refractivity contribution < 1.29 is 19.2 Å². The second kappa shape index (κ2) is 9.16. The van der Waals surface area contributed by atoms with Crippen molar-refractivity contribution in [1.29, 1.82) is 5.26 Å². The minimum Gasteiger partial charge on any atom is -0.452 e. The van der Waals surface area contributed by atoms with E-state index in [0.717, 1.165) is 0 Å². The smallest absolute Gasteiger partial charge is 0.319 e. The topological polar surface area (TPSA) is 122 Å². The molecule has 1 heterocycles. The summed E-state index contributed by atoms with van der Waals surface area (Å²) in [6.07, 6.45) is -1.04. The Morgan fingerprint density at radius 2 is 1.96 bits per heavy atom. The number of benzene rings is 1. The normalized spacial score (nSPS) is 12.5. The van der Waals surface area contributed by atoms with Crippen LogP contribution < -0.4 is 5.32 Å². The van der Waals surface area contributed by atoms with Gasteiger partial charge in [0.05, 0.1) is 10.5 Å². The number of thiophene rings is 1. The highest BCUT2D eigenvalue weighted by Gasteiger charge is 2.23. The van der Waals surface area contributed by atoms with Gasteiger partial charge < -0.3 is 10.1 Å². The Morgan fingerprint density at radius 1 is 1.30 bits per heavy atom. The van der Waals surface area contributed by atoms with Crippen molar-refractivity contribution in [2.24, 2.45) is 0 Å². The average Bonchev–Trinajstić information content (AvgIpc) is 3.09. The van der Waals surface area contributed by atoms with Gasteiger partial charge in [-0.25, -0.2) is 0 Å². The Hall–Kier alpha value is -2.90. The monoisotopic (exact) mass is 405 g/mol. The summed E-state index contributed by atoms with van der Waals surface area (Å²) in [6, 6.07) is 9.33. The van der Waals surface area contributed by atoms with Crippen molar-refractivity contribution in [3.63, 3.8) is 0 Å². The largest absolute Gasteiger partial charge is 0.452 e. The minimum atomic E-state index is -1.04. The Kier molecular flexibility index (Phi) is 6.92. The standard InChI is InChI=1S/C17H15N3O5S2/c1-10(15(21)19-16-12(9-18)7-8-26-16)25-17(22)11(2)27-14-5-3-13(4-6-14)20(23)24/h3-8,10-11H,1-2H3,(H,19,21)/t10-,11-/m0/s1. The molecule has 0 saturated heterocycles. The van der Waals surface area contributed by atoms with Crippen molar-refractivity contribution >= 4 is 45.7 Å². The number of esters is 1. The Labute approximate surface area is 163 Å². The van der Waals surface area contributed by atoms with Crippen molar-refractivity contribution in [3.05, 3.63) is 51.4 Å². The molecule has 1 aromatic carbocycles. The van der Waals surface area contributed by atoms with Gasteiger partial charge in [-0.3, -0.25) is 19.7 Å². The Bertz CT molecular complexity index is 889. The molecule has 10 heteroatoms. The number of carbonyl (C=O) groups is 2. The summed E-state index contributed by atoms with van der Waals surface area (Å²) in [5.41, 5.74) is 0.305. The number of nitro groups is 1. The summed E-state index contributed by atoms with van der Waals surface area (Å²) in [5.74, 6) is -1.12. The maximum absolute atomic E-state index is 12.2. The number of hydrogen-bond acceptors (Lipinski definition) is 8. The molecule has 0 aliphatic carbocycles. The minimum absolute atomic E-state index is 0.0369. The molecule has 0 fully saturated rings. The molecule has 0 bridgehead atoms. The lowest BCUT2D eigenvalue weighted by molar-refractivity contribution is -0.384. The van der Waals surface area contributed by atoms with Crippen molar-refractivity contribution in [1.82, 2.24) is 0 Å². The maximum Gasteiger partial charge on any atom is 0.319 e. The van der Waals surface area contributed by atoms with E-state index in [4.69, 9.17) is 10.00 Å². The van der Waals surface area contributed by atoms with Crippen LogP contribution in [-0.4, -0.2) is 28.2 Å². The average molecular weight is 405 g/mol. The summed E-state index contributed by atoms with van der Waals surface area (Å²) < 4.78 is 5.17. The zero-order chi connectivity index (χ0) is 20.0. The summed E-state index contributed by atoms with van der Waals surface area (Å²) in [6.45, 7) is 3.06. The lowest BCUT2D eigenvalue weighted by atomic mass is 10.3. The molecule has 0 aliphatic rings. The van der Waals surface area contributed by atoms with Crippen LogP contribution in [0.1, 0.15) is 19.4 Å². The number of nitrogens with one attached hydrogen (secondary N) is 1. The summed E-state index contributed by atoms with van der Waals surface area (Å²) in [5, 5.41) is 23.6. The molecule has 0 radical (unpaired) electrons. The Morgan fingerprint density at radius 3 is 2.56 bits per heavy atom. The number of amides is 1. The molecule has 27 heavy (non-hydrogen) atoms. The Balaban J connectivity index is 1.90. The maximum atomic E-state index is 12.2. The highest BCUT2D eigenvalue weighted by Crippen LogP contribution is 2.26. The SMILES string of the molecule is C[C@H](OC(=O)[C@H](C)Sc1ccc([N+](=O)[O-])cc1)C(=O)Nc1sccc1C#N. The number of non-ortho nitro benzene ring substituents is 1. The number of nitriles is 1. The van der Waals surface area contributed by atoms with Crippen molar-refractivity contribution in [2.45, 2.75) is 30.1 Å². The van der Waals surface area contributed by atoms with Crippen LogP contribution in [0.4, 0.5) is 10.7 Å². The highest BCUT2D eigenvalue weighted by molar-refractivity contribution is 8.00. The molecule has 2 aromatic rings. The molecule has 1 N–H and O–H groups in total. The van der Waals surface area contributed by atoms with E-state index in [0.29, 0.717) is 15.5 Å². The molecule has 0 aliphatic heterocycles. The van der Waals surface area contributed by atoms with Gasteiger partial charge >= 0.3 is 5.97 Å². The molecule has 0 unspecified atom stereocenters. The van der Waals surface area contributed by atoms with Gasteiger partial charge in [-0.2, -0.15) is 5.26 Å². The molecule has 1 aromatic heterocycles. The fraction of sp³-hybridized carbons (Fsp3) is 0.235. The van der Waals surface area contributed by atoms with Crippen LogP contribution >= 0.6 is 23.1 Å². The lowest BCUT2D eigenvalue weighted by Crippen LogP contribution is -2.32. The molecule has 0 saturated carbocycles. The lowest BCUT2D eigenvalue weighted by Gasteiger charge is -2.16. The quantitative estimate of drug-likeness (QED) is 0.323. The van der Waals surface area contributed by atoms with E-state index in [-0.39, 0.29) is 5.69 Å². The highest BCUT2D eigenvalue weighted by atomic mass is 32.2. The predicted molar refractivity (Wildman–Crippen MR) is 102 cm³/mol. The molecule has 0 spiro atoms. The van der Waals surface area contributed by atoms with Gasteiger partial charge in [-0.1, -0.05) is 0 Å². The molecule has 8 nitrogen and oxygen atoms in total. The number of ether oxygens (including phenoxy) is 1. The molecule has 2 rings (SSSR count). The fourth-order valence-corrected chi connectivity index (χ4v) is 3.52. The third kappa shape index (κ3) is 5.54. The summed E-state index contributed by atoms with van der Waals surface area (Å²) in [7, 11) is 0. The van der Waals surface area contributed by atoms with Crippen LogP contribution in [0.5, 0.6) is 0 Å². The number of hydrogen-bond donors (Lipinski definition) is 1. The zero-order valence-corrected chi connectivity index (χ0v) is 16.0. The van der Waals surface area contributed by atoms with Gasteiger partial charge in [-0.05, 0) is 37.4 Å². The number of carbonyl (C=O) groups excluding carboxylic acids is 2. The van der Waals surface area contributed by atoms with Crippen molar-refractivity contribution in [3.8, 4) is 6.07 Å². The first-order valence-corrected chi connectivity index (χ1v) is 9.47. The van der Waals surface area contributed by atoms with Crippen LogP contribution in [0.15, 0.2) is 40.6 Å². The first kappa shape index (κ1) is 20.4. The van der Waals surface area contributed by atoms with E-state index >= 15 is 0 Å². The van der Waals surface area contributed by atoms with Gasteiger partial charge in [-0.15, -0.1) is 23.1 Å². The van der Waals surface area contributed by atoms with Gasteiger partial charge in [0.1, 0.15) is 16.3 Å². The second-order valence-electron chi connectivity index (χ2n) is 5.35. The van der Waals surface area contributed by atoms with E-state index in [1.54, 1.807) is 30.5 Å². The van der Waals surface area contributed by atoms with Crippen LogP contribution in [0.3, 0.4) is 0 Å². The number of anilines is 1. The first-order valence-electron chi connectivity index (χ1n) is 7.72. The molecular weight excluding hydrogens is 390 g/mol. The first-order chi connectivity index (χ1) is 12.8. The number of thioether (sulfide) groups is 1. The summed E-state index contributed by atoms with van der Waals surface area (Å²) in [4.78, 5) is 35.1. The van der Waals surface area contributed by atoms with E-state index in [2.05, 4.69) is 5.32 Å². The third-order valence-corrected chi connectivity index (χ3v) is 5.30. The van der Waals surface area contributed by atoms with E-state index in [1.807, 2.05) is 6.07 Å². The van der Waals surface area contributed by atoms with Gasteiger partial charge in [0.2, 0.25) is 0 Å². The second-order valence-corrected chi connectivity index (χ2v) is 7.68. The molecule has 2 atom stereocenters. The molecule has 140 valence electrons. The number of nitrogens with zero attached hydrogens (tertiary/aromatic N) is 2. The van der Waals surface area contributed by atoms with E-state index in [9.17, 15) is 19.7 Å². The summed E-state index contributed by atoms with van der Waals surface area (Å²) >= 11 is 2.37. The van der Waals surface area contributed by atoms with E-state index < -0.39 is 28.2 Å². The fourth-order valence-electron chi connectivity index (χ4n) is 1.93. The number of nitro benzene ring substituents is 1. The van der Waals surface area contributed by atoms with E-state index in [1.165, 1.54) is 42.2 Å². The zero-order valence-electron chi connectivity index (χ0n) is 14.4. The van der Waals surface area contributed by atoms with Gasteiger partial charge in [0.25, 0.3) is 11.6 Å². The van der Waals surface area contributed by atoms with Gasteiger partial charge in [0, 0.05) is 17.0 Å². The van der Waals surface area contributed by atoms with Crippen LogP contribution in [-0.2, 0) is 14.3 Å². The van der Waals surface area contributed by atoms with Crippen LogP contribution in [0.2, 0.25) is 0 Å². The predicted octanol–water partition coefficient (Wildman–Crippen LogP) is 3.58. The van der Waals surface area contributed by atoms with Crippen LogP contribution in [0, 0.1) is 21.4 Å².